The van der Waals surface area contributed by atoms with Crippen molar-refractivity contribution in [3.63, 3.8) is 0 Å². The Balaban J connectivity index is 1.24. The standard InChI is InChI=1S/C27H30FN5O2/c28-23-5-1-2-6-24(23)31-15-17-33(18-16-31)26-22-19-21(9-8-20(22)10-12-29-26)27(35)30-11-4-14-32-13-3-7-25(32)34/h1-2,5-6,8-10,12,19H,3-4,7,11,13-18H2,(H,30,35). The number of fused-ring (bicyclic) bond motifs is 1. The number of likely N-dealkylation sites (tertiary alicyclic amines) is 1. The van der Waals surface area contributed by atoms with E-state index in [0.29, 0.717) is 56.9 Å². The first-order valence-corrected chi connectivity index (χ1v) is 12.3. The molecule has 0 radical (unpaired) electrons. The Hall–Kier alpha value is -3.68. The molecule has 0 aliphatic carbocycles. The number of nitrogens with zero attached hydrogens (tertiary/aromatic N) is 4. The van der Waals surface area contributed by atoms with Crippen molar-refractivity contribution >= 4 is 34.1 Å². The predicted molar refractivity (Wildman–Crippen MR) is 135 cm³/mol. The molecule has 7 nitrogen and oxygen atoms in total. The number of hydrogen-bond donors (Lipinski definition) is 1. The second-order valence-corrected chi connectivity index (χ2v) is 9.09. The second-order valence-electron chi connectivity index (χ2n) is 9.09. The third-order valence-corrected chi connectivity index (χ3v) is 6.84. The third kappa shape index (κ3) is 5.06. The van der Waals surface area contributed by atoms with E-state index in [0.717, 1.165) is 36.0 Å². The maximum absolute atomic E-state index is 14.2. The fraction of sp³-hybridized carbons (Fsp3) is 0.370. The summed E-state index contributed by atoms with van der Waals surface area (Å²) in [5, 5.41) is 4.93. The number of aromatic nitrogens is 1. The van der Waals surface area contributed by atoms with E-state index >= 15 is 0 Å². The van der Waals surface area contributed by atoms with Gasteiger partial charge in [0, 0.05) is 69.4 Å². The molecule has 3 aromatic rings. The Bertz CT molecular complexity index is 1230. The van der Waals surface area contributed by atoms with Gasteiger partial charge in [-0.25, -0.2) is 9.37 Å². The molecule has 1 N–H and O–H groups in total. The molecular formula is C27H30FN5O2. The van der Waals surface area contributed by atoms with Crippen LogP contribution in [-0.2, 0) is 4.79 Å². The first kappa shape index (κ1) is 23.1. The number of carbonyl (C=O) groups is 2. The Morgan fingerprint density at radius 2 is 1.80 bits per heavy atom. The van der Waals surface area contributed by atoms with Crippen molar-refractivity contribution < 1.29 is 14.0 Å². The Kier molecular flexibility index (Phi) is 6.79. The van der Waals surface area contributed by atoms with Crippen LogP contribution in [0.25, 0.3) is 10.8 Å². The largest absolute Gasteiger partial charge is 0.366 e. The number of para-hydroxylation sites is 1. The molecule has 1 aromatic heterocycles. The lowest BCUT2D eigenvalue weighted by Crippen LogP contribution is -2.47. The van der Waals surface area contributed by atoms with Gasteiger partial charge in [0.2, 0.25) is 5.91 Å². The van der Waals surface area contributed by atoms with Gasteiger partial charge in [0.1, 0.15) is 11.6 Å². The summed E-state index contributed by atoms with van der Waals surface area (Å²) in [6.45, 7) is 4.85. The second kappa shape index (κ2) is 10.3. The van der Waals surface area contributed by atoms with Gasteiger partial charge in [0.25, 0.3) is 5.91 Å². The van der Waals surface area contributed by atoms with E-state index in [1.807, 2.05) is 41.3 Å². The lowest BCUT2D eigenvalue weighted by atomic mass is 10.1. The van der Waals surface area contributed by atoms with Crippen molar-refractivity contribution in [3.8, 4) is 0 Å². The molecule has 0 saturated carbocycles. The summed E-state index contributed by atoms with van der Waals surface area (Å²) in [6.07, 6.45) is 4.10. The summed E-state index contributed by atoms with van der Waals surface area (Å²) in [6, 6.07) is 14.5. The monoisotopic (exact) mass is 475 g/mol. The number of pyridine rings is 1. The highest BCUT2D eigenvalue weighted by Crippen LogP contribution is 2.28. The number of benzene rings is 2. The molecule has 35 heavy (non-hydrogen) atoms. The van der Waals surface area contributed by atoms with Crippen molar-refractivity contribution in [1.82, 2.24) is 15.2 Å². The van der Waals surface area contributed by atoms with Gasteiger partial charge < -0.3 is 20.0 Å². The van der Waals surface area contributed by atoms with E-state index in [1.54, 1.807) is 12.3 Å². The quantitative estimate of drug-likeness (QED) is 0.530. The third-order valence-electron chi connectivity index (χ3n) is 6.84. The Morgan fingerprint density at radius 1 is 1.00 bits per heavy atom. The summed E-state index contributed by atoms with van der Waals surface area (Å²) in [4.78, 5) is 35.3. The summed E-state index contributed by atoms with van der Waals surface area (Å²) in [7, 11) is 0. The van der Waals surface area contributed by atoms with Crippen LogP contribution in [0.3, 0.4) is 0 Å². The van der Waals surface area contributed by atoms with Gasteiger partial charge in [-0.3, -0.25) is 9.59 Å². The molecule has 2 aliphatic heterocycles. The molecule has 2 fully saturated rings. The van der Waals surface area contributed by atoms with Gasteiger partial charge in [-0.05, 0) is 48.6 Å². The van der Waals surface area contributed by atoms with Crippen LogP contribution in [-0.4, -0.2) is 67.5 Å². The molecule has 2 aliphatic rings. The van der Waals surface area contributed by atoms with E-state index in [2.05, 4.69) is 20.1 Å². The van der Waals surface area contributed by atoms with Crippen molar-refractivity contribution in [3.05, 3.63) is 66.1 Å². The molecule has 2 amide bonds. The molecule has 2 saturated heterocycles. The van der Waals surface area contributed by atoms with Gasteiger partial charge >= 0.3 is 0 Å². The van der Waals surface area contributed by atoms with Crippen LogP contribution >= 0.6 is 0 Å². The highest BCUT2D eigenvalue weighted by molar-refractivity contribution is 6.01. The SMILES string of the molecule is O=C(NCCCN1CCCC1=O)c1ccc2ccnc(N3CCN(c4ccccc4F)CC3)c2c1. The molecule has 3 heterocycles. The lowest BCUT2D eigenvalue weighted by molar-refractivity contribution is -0.127. The minimum absolute atomic E-state index is 0.126. The highest BCUT2D eigenvalue weighted by atomic mass is 19.1. The topological polar surface area (TPSA) is 68.8 Å². The zero-order valence-electron chi connectivity index (χ0n) is 19.8. The molecule has 5 rings (SSSR count). The predicted octanol–water partition coefficient (Wildman–Crippen LogP) is 3.44. The van der Waals surface area contributed by atoms with Gasteiger partial charge in [-0.2, -0.15) is 0 Å². The van der Waals surface area contributed by atoms with E-state index in [9.17, 15) is 14.0 Å². The molecule has 0 atom stereocenters. The number of halogens is 1. The minimum atomic E-state index is -0.202. The zero-order valence-corrected chi connectivity index (χ0v) is 19.8. The maximum atomic E-state index is 14.2. The van der Waals surface area contributed by atoms with Crippen molar-refractivity contribution in [1.29, 1.82) is 0 Å². The number of hydrogen-bond acceptors (Lipinski definition) is 5. The molecule has 182 valence electrons. The molecular weight excluding hydrogens is 445 g/mol. The maximum Gasteiger partial charge on any atom is 0.251 e. The average Bonchev–Trinajstić information content (AvgIpc) is 3.30. The summed E-state index contributed by atoms with van der Waals surface area (Å²) in [5.74, 6) is 0.726. The smallest absolute Gasteiger partial charge is 0.251 e. The fourth-order valence-corrected chi connectivity index (χ4v) is 4.93. The van der Waals surface area contributed by atoms with E-state index < -0.39 is 0 Å². The normalized spacial score (nSPS) is 16.3. The summed E-state index contributed by atoms with van der Waals surface area (Å²) in [5.41, 5.74) is 1.22. The molecule has 2 aromatic carbocycles. The van der Waals surface area contributed by atoms with Gasteiger partial charge in [0.15, 0.2) is 0 Å². The minimum Gasteiger partial charge on any atom is -0.366 e. The van der Waals surface area contributed by atoms with Crippen molar-refractivity contribution in [2.24, 2.45) is 0 Å². The van der Waals surface area contributed by atoms with Crippen molar-refractivity contribution in [2.45, 2.75) is 19.3 Å². The number of rotatable bonds is 7. The lowest BCUT2D eigenvalue weighted by Gasteiger charge is -2.37. The molecule has 0 spiro atoms. The van der Waals surface area contributed by atoms with E-state index in [-0.39, 0.29) is 17.6 Å². The van der Waals surface area contributed by atoms with Crippen LogP contribution < -0.4 is 15.1 Å². The van der Waals surface area contributed by atoms with Crippen LogP contribution in [0.5, 0.6) is 0 Å². The van der Waals surface area contributed by atoms with Crippen LogP contribution in [0.2, 0.25) is 0 Å². The fourth-order valence-electron chi connectivity index (χ4n) is 4.93. The highest BCUT2D eigenvalue weighted by Gasteiger charge is 2.22. The van der Waals surface area contributed by atoms with Crippen molar-refractivity contribution in [2.75, 3.05) is 55.6 Å². The van der Waals surface area contributed by atoms with Gasteiger partial charge in [-0.1, -0.05) is 18.2 Å². The van der Waals surface area contributed by atoms with Crippen LogP contribution in [0.15, 0.2) is 54.7 Å². The van der Waals surface area contributed by atoms with Crippen LogP contribution in [0.1, 0.15) is 29.6 Å². The van der Waals surface area contributed by atoms with Crippen LogP contribution in [0, 0.1) is 5.82 Å². The number of nitrogens with one attached hydrogen (secondary N) is 1. The first-order chi connectivity index (χ1) is 17.1. The Morgan fingerprint density at radius 3 is 2.57 bits per heavy atom. The van der Waals surface area contributed by atoms with Gasteiger partial charge in [0.05, 0.1) is 5.69 Å². The zero-order chi connectivity index (χ0) is 24.2. The van der Waals surface area contributed by atoms with Crippen LogP contribution in [0.4, 0.5) is 15.9 Å². The van der Waals surface area contributed by atoms with E-state index in [4.69, 9.17) is 0 Å². The van der Waals surface area contributed by atoms with Gasteiger partial charge in [-0.15, -0.1) is 0 Å². The number of anilines is 2. The molecule has 0 bridgehead atoms. The molecule has 8 heteroatoms. The Labute approximate surface area is 204 Å². The number of amides is 2. The number of carbonyl (C=O) groups excluding carboxylic acids is 2. The van der Waals surface area contributed by atoms with E-state index in [1.165, 1.54) is 6.07 Å². The number of piperazine rings is 1. The summed E-state index contributed by atoms with van der Waals surface area (Å²) < 4.78 is 14.2. The average molecular weight is 476 g/mol. The molecule has 0 unspecified atom stereocenters. The summed E-state index contributed by atoms with van der Waals surface area (Å²) >= 11 is 0. The first-order valence-electron chi connectivity index (χ1n) is 12.3.